The molecule has 7 nitrogen and oxygen atoms in total. The topological polar surface area (TPSA) is 111 Å². The Balaban J connectivity index is 1.58. The first-order valence-electron chi connectivity index (χ1n) is 9.26. The van der Waals surface area contributed by atoms with E-state index in [1.54, 1.807) is 72.8 Å². The average Bonchev–Trinajstić information content (AvgIpc) is 2.75. The molecule has 0 atom stereocenters. The summed E-state index contributed by atoms with van der Waals surface area (Å²) in [7, 11) is 0. The van der Waals surface area contributed by atoms with Gasteiger partial charge in [-0.2, -0.15) is 0 Å². The molecule has 0 radical (unpaired) electrons. The smallest absolute Gasteiger partial charge is 0.262 e. The molecule has 0 saturated heterocycles. The van der Waals surface area contributed by atoms with Gasteiger partial charge in [-0.3, -0.25) is 14.4 Å². The van der Waals surface area contributed by atoms with Gasteiger partial charge in [0.05, 0.1) is 17.8 Å². The van der Waals surface area contributed by atoms with E-state index in [4.69, 9.17) is 10.5 Å². The summed E-state index contributed by atoms with van der Waals surface area (Å²) in [6.45, 7) is -0.212. The summed E-state index contributed by atoms with van der Waals surface area (Å²) in [4.78, 5) is 35.6. The molecule has 4 N–H and O–H groups in total. The van der Waals surface area contributed by atoms with Gasteiger partial charge < -0.3 is 21.1 Å². The first-order valence-corrected chi connectivity index (χ1v) is 9.26. The number of amides is 3. The maximum absolute atomic E-state index is 12.4. The fourth-order valence-corrected chi connectivity index (χ4v) is 2.73. The van der Waals surface area contributed by atoms with E-state index in [0.29, 0.717) is 22.7 Å². The number of carbonyl (C=O) groups is 3. The molecule has 0 aliphatic carbocycles. The van der Waals surface area contributed by atoms with Crippen molar-refractivity contribution in [3.63, 3.8) is 0 Å². The summed E-state index contributed by atoms with van der Waals surface area (Å²) in [6, 6.07) is 22.5. The lowest BCUT2D eigenvalue weighted by atomic mass is 10.1. The second kappa shape index (κ2) is 9.88. The number of rotatable bonds is 8. The summed E-state index contributed by atoms with van der Waals surface area (Å²) in [6.07, 6.45) is 0.145. The molecule has 0 unspecified atom stereocenters. The summed E-state index contributed by atoms with van der Waals surface area (Å²) >= 11 is 0. The van der Waals surface area contributed by atoms with E-state index in [1.165, 1.54) is 0 Å². The fraction of sp³-hybridized carbons (Fsp3) is 0.0870. The number of anilines is 2. The number of nitrogens with one attached hydrogen (secondary N) is 2. The third-order valence-electron chi connectivity index (χ3n) is 4.16. The normalized spacial score (nSPS) is 10.1. The number of carbonyl (C=O) groups excluding carboxylic acids is 3. The van der Waals surface area contributed by atoms with Crippen molar-refractivity contribution < 1.29 is 19.1 Å². The highest BCUT2D eigenvalue weighted by Gasteiger charge is 2.11. The van der Waals surface area contributed by atoms with Crippen LogP contribution in [0.15, 0.2) is 78.9 Å². The predicted molar refractivity (Wildman–Crippen MR) is 114 cm³/mol. The minimum atomic E-state index is -0.416. The van der Waals surface area contributed by atoms with E-state index in [2.05, 4.69) is 10.6 Å². The maximum atomic E-state index is 12.4. The van der Waals surface area contributed by atoms with E-state index >= 15 is 0 Å². The van der Waals surface area contributed by atoms with Gasteiger partial charge in [0.2, 0.25) is 5.91 Å². The van der Waals surface area contributed by atoms with Gasteiger partial charge >= 0.3 is 0 Å². The average molecular weight is 403 g/mol. The number of hydrogen-bond donors (Lipinski definition) is 3. The number of hydrogen-bond acceptors (Lipinski definition) is 4. The van der Waals surface area contributed by atoms with Crippen LogP contribution in [-0.4, -0.2) is 24.3 Å². The second-order valence-electron chi connectivity index (χ2n) is 6.49. The summed E-state index contributed by atoms with van der Waals surface area (Å²) in [5.74, 6) is -0.577. The Bertz CT molecular complexity index is 1030. The Hall–Kier alpha value is -4.13. The van der Waals surface area contributed by atoms with Crippen molar-refractivity contribution >= 4 is 29.1 Å². The molecule has 0 fully saturated rings. The molecule has 3 aromatic carbocycles. The standard InChI is InChI=1S/C23H21N3O4/c24-21(27)14-16-10-12-18(13-11-16)30-15-22(28)25-19-8-4-5-9-20(19)26-23(29)17-6-2-1-3-7-17/h1-13H,14-15H2,(H2,24,27)(H,25,28)(H,26,29). The molecule has 0 saturated carbocycles. The monoisotopic (exact) mass is 403 g/mol. The Morgan fingerprint density at radius 3 is 2.00 bits per heavy atom. The Kier molecular flexibility index (Phi) is 6.78. The maximum Gasteiger partial charge on any atom is 0.262 e. The van der Waals surface area contributed by atoms with Crippen LogP contribution in [0, 0.1) is 0 Å². The third kappa shape index (κ3) is 5.93. The number of para-hydroxylation sites is 2. The molecule has 152 valence electrons. The van der Waals surface area contributed by atoms with Crippen LogP contribution in [0.25, 0.3) is 0 Å². The van der Waals surface area contributed by atoms with Crippen LogP contribution in [0.1, 0.15) is 15.9 Å². The van der Waals surface area contributed by atoms with Crippen LogP contribution in [0.5, 0.6) is 5.75 Å². The number of primary amides is 1. The van der Waals surface area contributed by atoms with Crippen molar-refractivity contribution in [2.24, 2.45) is 5.73 Å². The van der Waals surface area contributed by atoms with E-state index in [9.17, 15) is 14.4 Å². The van der Waals surface area contributed by atoms with Crippen molar-refractivity contribution in [2.45, 2.75) is 6.42 Å². The lowest BCUT2D eigenvalue weighted by Gasteiger charge is -2.13. The van der Waals surface area contributed by atoms with Gasteiger partial charge in [0.1, 0.15) is 5.75 Å². The Morgan fingerprint density at radius 1 is 0.767 bits per heavy atom. The zero-order valence-electron chi connectivity index (χ0n) is 16.1. The Morgan fingerprint density at radius 2 is 1.37 bits per heavy atom. The number of nitrogens with two attached hydrogens (primary N) is 1. The van der Waals surface area contributed by atoms with Crippen LogP contribution in [0.4, 0.5) is 11.4 Å². The first kappa shape index (κ1) is 20.6. The lowest BCUT2D eigenvalue weighted by molar-refractivity contribution is -0.118. The van der Waals surface area contributed by atoms with Gasteiger partial charge in [-0.25, -0.2) is 0 Å². The number of ether oxygens (including phenoxy) is 1. The Labute approximate surface area is 173 Å². The van der Waals surface area contributed by atoms with Crippen molar-refractivity contribution in [3.8, 4) is 5.75 Å². The van der Waals surface area contributed by atoms with Crippen LogP contribution in [-0.2, 0) is 16.0 Å². The quantitative estimate of drug-likeness (QED) is 0.537. The summed E-state index contributed by atoms with van der Waals surface area (Å²) < 4.78 is 5.47. The molecule has 0 aliphatic rings. The molecule has 7 heteroatoms. The van der Waals surface area contributed by atoms with Crippen LogP contribution in [0.3, 0.4) is 0 Å². The zero-order chi connectivity index (χ0) is 21.3. The van der Waals surface area contributed by atoms with Crippen LogP contribution in [0.2, 0.25) is 0 Å². The molecular formula is C23H21N3O4. The van der Waals surface area contributed by atoms with E-state index < -0.39 is 5.91 Å². The molecule has 0 aromatic heterocycles. The first-order chi connectivity index (χ1) is 14.5. The minimum absolute atomic E-state index is 0.145. The van der Waals surface area contributed by atoms with Crippen molar-refractivity contribution in [1.82, 2.24) is 0 Å². The highest BCUT2D eigenvalue weighted by Crippen LogP contribution is 2.22. The molecular weight excluding hydrogens is 382 g/mol. The van der Waals surface area contributed by atoms with Gasteiger partial charge in [0.15, 0.2) is 6.61 Å². The summed E-state index contributed by atoms with van der Waals surface area (Å²) in [5.41, 5.74) is 7.39. The fourth-order valence-electron chi connectivity index (χ4n) is 2.73. The van der Waals surface area contributed by atoms with Crippen LogP contribution >= 0.6 is 0 Å². The SMILES string of the molecule is NC(=O)Cc1ccc(OCC(=O)Nc2ccccc2NC(=O)c2ccccc2)cc1. The molecule has 0 bridgehead atoms. The molecule has 3 rings (SSSR count). The molecule has 0 heterocycles. The van der Waals surface area contributed by atoms with Gasteiger partial charge in [0.25, 0.3) is 11.8 Å². The molecule has 0 aliphatic heterocycles. The largest absolute Gasteiger partial charge is 0.484 e. The van der Waals surface area contributed by atoms with Gasteiger partial charge in [0, 0.05) is 5.56 Å². The molecule has 0 spiro atoms. The molecule has 3 amide bonds. The van der Waals surface area contributed by atoms with Crippen LogP contribution < -0.4 is 21.1 Å². The third-order valence-corrected chi connectivity index (χ3v) is 4.16. The zero-order valence-corrected chi connectivity index (χ0v) is 16.1. The molecule has 30 heavy (non-hydrogen) atoms. The van der Waals surface area contributed by atoms with Gasteiger partial charge in [-0.05, 0) is 42.0 Å². The lowest BCUT2D eigenvalue weighted by Crippen LogP contribution is -2.21. The minimum Gasteiger partial charge on any atom is -0.484 e. The van der Waals surface area contributed by atoms with Gasteiger partial charge in [-0.15, -0.1) is 0 Å². The van der Waals surface area contributed by atoms with E-state index in [-0.39, 0.29) is 24.8 Å². The second-order valence-corrected chi connectivity index (χ2v) is 6.49. The van der Waals surface area contributed by atoms with E-state index in [0.717, 1.165) is 5.56 Å². The predicted octanol–water partition coefficient (Wildman–Crippen LogP) is 2.98. The number of benzene rings is 3. The molecule has 3 aromatic rings. The van der Waals surface area contributed by atoms with Crippen molar-refractivity contribution in [3.05, 3.63) is 90.0 Å². The highest BCUT2D eigenvalue weighted by molar-refractivity contribution is 6.07. The van der Waals surface area contributed by atoms with Gasteiger partial charge in [-0.1, -0.05) is 42.5 Å². The van der Waals surface area contributed by atoms with E-state index in [1.807, 2.05) is 6.07 Å². The summed E-state index contributed by atoms with van der Waals surface area (Å²) in [5, 5.41) is 5.53. The van der Waals surface area contributed by atoms with Crippen molar-refractivity contribution in [2.75, 3.05) is 17.2 Å². The van der Waals surface area contributed by atoms with Crippen molar-refractivity contribution in [1.29, 1.82) is 0 Å². The highest BCUT2D eigenvalue weighted by atomic mass is 16.5.